The minimum atomic E-state index is -0.339. The maximum absolute atomic E-state index is 11.4. The van der Waals surface area contributed by atoms with E-state index in [0.717, 1.165) is 25.7 Å². The van der Waals surface area contributed by atoms with Crippen molar-refractivity contribution in [2.24, 2.45) is 5.92 Å². The second kappa shape index (κ2) is 4.28. The van der Waals surface area contributed by atoms with Crippen LogP contribution < -0.4 is 0 Å². The first-order valence-electron chi connectivity index (χ1n) is 5.66. The summed E-state index contributed by atoms with van der Waals surface area (Å²) in [6.45, 7) is 5.14. The Morgan fingerprint density at radius 1 is 1.44 bits per heavy atom. The fourth-order valence-electron chi connectivity index (χ4n) is 2.52. The number of hydrogen-bond donors (Lipinski definition) is 0. The van der Waals surface area contributed by atoms with E-state index >= 15 is 0 Å². The number of carbonyl (C=O) groups is 2. The molecule has 0 unspecified atom stereocenters. The Balaban J connectivity index is 2.16. The Morgan fingerprint density at radius 2 is 2.12 bits per heavy atom. The molecule has 16 heavy (non-hydrogen) atoms. The predicted octanol–water partition coefficient (Wildman–Crippen LogP) is 1.59. The molecule has 0 aromatic rings. The first-order chi connectivity index (χ1) is 7.59. The largest absolute Gasteiger partial charge is 0.459 e. The second-order valence-electron chi connectivity index (χ2n) is 4.43. The highest BCUT2D eigenvalue weighted by atomic mass is 16.6. The lowest BCUT2D eigenvalue weighted by Gasteiger charge is -2.23. The van der Waals surface area contributed by atoms with Gasteiger partial charge in [-0.1, -0.05) is 13.0 Å². The van der Waals surface area contributed by atoms with Gasteiger partial charge in [-0.2, -0.15) is 0 Å². The number of rotatable bonds is 1. The van der Waals surface area contributed by atoms with Crippen molar-refractivity contribution in [2.75, 3.05) is 0 Å². The predicted molar refractivity (Wildman–Crippen MR) is 56.5 cm³/mol. The van der Waals surface area contributed by atoms with Crippen molar-refractivity contribution in [2.45, 2.75) is 44.8 Å². The third-order valence-corrected chi connectivity index (χ3v) is 3.29. The average Bonchev–Trinajstić information content (AvgIpc) is 2.40. The van der Waals surface area contributed by atoms with Crippen LogP contribution in [0, 0.1) is 5.92 Å². The molecule has 1 saturated carbocycles. The van der Waals surface area contributed by atoms with E-state index in [9.17, 15) is 9.59 Å². The van der Waals surface area contributed by atoms with Crippen LogP contribution in [0.4, 0.5) is 0 Å². The average molecular weight is 224 g/mol. The SMILES string of the molecule is C=C1C(=O)O[C@H]2[C@@H](OC(C)=O)CCCC[C@H]12. The van der Waals surface area contributed by atoms with Crippen LogP contribution in [-0.4, -0.2) is 24.1 Å². The van der Waals surface area contributed by atoms with Gasteiger partial charge in [-0.3, -0.25) is 4.79 Å². The second-order valence-corrected chi connectivity index (χ2v) is 4.43. The number of carbonyl (C=O) groups excluding carboxylic acids is 2. The first-order valence-corrected chi connectivity index (χ1v) is 5.66. The third-order valence-electron chi connectivity index (χ3n) is 3.29. The maximum Gasteiger partial charge on any atom is 0.334 e. The summed E-state index contributed by atoms with van der Waals surface area (Å²) < 4.78 is 10.5. The van der Waals surface area contributed by atoms with E-state index < -0.39 is 0 Å². The minimum Gasteiger partial charge on any atom is -0.459 e. The number of ether oxygens (including phenoxy) is 2. The van der Waals surface area contributed by atoms with Gasteiger partial charge in [0.2, 0.25) is 0 Å². The van der Waals surface area contributed by atoms with E-state index in [1.54, 1.807) is 0 Å². The van der Waals surface area contributed by atoms with Gasteiger partial charge >= 0.3 is 11.9 Å². The Labute approximate surface area is 94.6 Å². The zero-order valence-corrected chi connectivity index (χ0v) is 9.40. The molecule has 1 saturated heterocycles. The fourth-order valence-corrected chi connectivity index (χ4v) is 2.52. The fraction of sp³-hybridized carbons (Fsp3) is 0.667. The van der Waals surface area contributed by atoms with Crippen LogP contribution in [0.5, 0.6) is 0 Å². The van der Waals surface area contributed by atoms with Gasteiger partial charge in [0.1, 0.15) is 12.2 Å². The van der Waals surface area contributed by atoms with Crippen LogP contribution in [0.2, 0.25) is 0 Å². The maximum atomic E-state index is 11.4. The van der Waals surface area contributed by atoms with Crippen molar-refractivity contribution in [1.82, 2.24) is 0 Å². The van der Waals surface area contributed by atoms with Crippen LogP contribution in [0.3, 0.4) is 0 Å². The van der Waals surface area contributed by atoms with Gasteiger partial charge in [-0.15, -0.1) is 0 Å². The molecular weight excluding hydrogens is 208 g/mol. The Bertz CT molecular complexity index is 334. The Kier molecular flexibility index (Phi) is 2.99. The number of esters is 2. The Hall–Kier alpha value is -1.32. The molecule has 1 heterocycles. The van der Waals surface area contributed by atoms with Crippen molar-refractivity contribution >= 4 is 11.9 Å². The molecule has 0 N–H and O–H groups in total. The van der Waals surface area contributed by atoms with Crippen LogP contribution in [0.1, 0.15) is 32.6 Å². The third kappa shape index (κ3) is 1.96. The first kappa shape index (κ1) is 11.2. The Morgan fingerprint density at radius 3 is 2.81 bits per heavy atom. The topological polar surface area (TPSA) is 52.6 Å². The molecule has 0 bridgehead atoms. The van der Waals surface area contributed by atoms with E-state index in [1.807, 2.05) is 0 Å². The summed E-state index contributed by atoms with van der Waals surface area (Å²) in [4.78, 5) is 22.4. The molecular formula is C12H16O4. The molecule has 2 rings (SSSR count). The summed E-state index contributed by atoms with van der Waals surface area (Å²) in [5.74, 6) is -0.632. The summed E-state index contributed by atoms with van der Waals surface area (Å²) in [6, 6.07) is 0. The van der Waals surface area contributed by atoms with Crippen molar-refractivity contribution in [3.63, 3.8) is 0 Å². The van der Waals surface area contributed by atoms with E-state index in [1.165, 1.54) is 6.92 Å². The van der Waals surface area contributed by atoms with Crippen molar-refractivity contribution in [3.8, 4) is 0 Å². The van der Waals surface area contributed by atoms with Crippen LogP contribution in [0.15, 0.2) is 12.2 Å². The molecule has 0 aromatic heterocycles. The highest BCUT2D eigenvalue weighted by Gasteiger charge is 2.45. The van der Waals surface area contributed by atoms with Crippen LogP contribution in [0.25, 0.3) is 0 Å². The molecule has 0 spiro atoms. The van der Waals surface area contributed by atoms with E-state index in [4.69, 9.17) is 9.47 Å². The summed E-state index contributed by atoms with van der Waals surface area (Å²) in [6.07, 6.45) is 3.07. The highest BCUT2D eigenvalue weighted by Crippen LogP contribution is 2.37. The van der Waals surface area contributed by atoms with Crippen LogP contribution in [-0.2, 0) is 19.1 Å². The smallest absolute Gasteiger partial charge is 0.334 e. The van der Waals surface area contributed by atoms with Crippen molar-refractivity contribution in [3.05, 3.63) is 12.2 Å². The van der Waals surface area contributed by atoms with Gasteiger partial charge in [0, 0.05) is 18.4 Å². The summed E-state index contributed by atoms with van der Waals surface area (Å²) in [7, 11) is 0. The molecule has 88 valence electrons. The van der Waals surface area contributed by atoms with E-state index in [-0.39, 0.29) is 30.1 Å². The lowest BCUT2D eigenvalue weighted by molar-refractivity contribution is -0.160. The molecule has 0 amide bonds. The van der Waals surface area contributed by atoms with E-state index in [0.29, 0.717) is 5.57 Å². The molecule has 1 aliphatic carbocycles. The summed E-state index contributed by atoms with van der Waals surface area (Å²) in [5, 5.41) is 0. The zero-order valence-electron chi connectivity index (χ0n) is 9.40. The van der Waals surface area contributed by atoms with Gasteiger partial charge in [0.15, 0.2) is 0 Å². The summed E-state index contributed by atoms with van der Waals surface area (Å²) >= 11 is 0. The molecule has 2 fully saturated rings. The molecule has 4 nitrogen and oxygen atoms in total. The van der Waals surface area contributed by atoms with Gasteiger partial charge in [-0.05, 0) is 19.3 Å². The van der Waals surface area contributed by atoms with Gasteiger partial charge in [0.05, 0.1) is 0 Å². The molecule has 1 aliphatic heterocycles. The molecule has 2 aliphatic rings. The monoisotopic (exact) mass is 224 g/mol. The highest BCUT2D eigenvalue weighted by molar-refractivity contribution is 5.90. The van der Waals surface area contributed by atoms with Gasteiger partial charge < -0.3 is 9.47 Å². The quantitative estimate of drug-likeness (QED) is 0.501. The molecule has 0 aromatic carbocycles. The normalized spacial score (nSPS) is 33.9. The molecule has 3 atom stereocenters. The van der Waals surface area contributed by atoms with Crippen molar-refractivity contribution in [1.29, 1.82) is 0 Å². The molecule has 4 heteroatoms. The standard InChI is InChI=1S/C12H16O4/c1-7-9-5-3-4-6-10(15-8(2)13)11(9)16-12(7)14/h9-11H,1,3-6H2,2H3/t9-,10+,11-/m1/s1. The van der Waals surface area contributed by atoms with Crippen LogP contribution >= 0.6 is 0 Å². The number of fused-ring (bicyclic) bond motifs is 1. The van der Waals surface area contributed by atoms with E-state index in [2.05, 4.69) is 6.58 Å². The number of hydrogen-bond acceptors (Lipinski definition) is 4. The minimum absolute atomic E-state index is 0.0272. The lowest BCUT2D eigenvalue weighted by atomic mass is 9.92. The summed E-state index contributed by atoms with van der Waals surface area (Å²) in [5.41, 5.74) is 0.532. The lowest BCUT2D eigenvalue weighted by Crippen LogP contribution is -2.33. The van der Waals surface area contributed by atoms with Gasteiger partial charge in [-0.25, -0.2) is 4.79 Å². The zero-order chi connectivity index (χ0) is 11.7. The van der Waals surface area contributed by atoms with Crippen molar-refractivity contribution < 1.29 is 19.1 Å². The van der Waals surface area contributed by atoms with Gasteiger partial charge in [0.25, 0.3) is 0 Å². The molecule has 0 radical (unpaired) electrons.